The first kappa shape index (κ1) is 20.4. The highest BCUT2D eigenvalue weighted by atomic mass is 19.4. The molecule has 0 radical (unpaired) electrons. The topological polar surface area (TPSA) is 88.9 Å². The summed E-state index contributed by atoms with van der Waals surface area (Å²) in [4.78, 5) is 37.5. The average Bonchev–Trinajstić information content (AvgIpc) is 3.30. The number of hydrogen-bond donors (Lipinski definition) is 1. The highest BCUT2D eigenvalue weighted by Crippen LogP contribution is 2.34. The van der Waals surface area contributed by atoms with Crippen molar-refractivity contribution in [1.82, 2.24) is 4.90 Å². The molecular weight excluding hydrogens is 393 g/mol. The number of likely N-dealkylation sites (tertiary alicyclic amines) is 1. The number of carbonyl (C=O) groups excluding carboxylic acids is 3. The molecule has 1 aliphatic heterocycles. The van der Waals surface area contributed by atoms with Gasteiger partial charge in [-0.1, -0.05) is 12.1 Å². The quantitative estimate of drug-likeness (QED) is 0.740. The summed E-state index contributed by atoms with van der Waals surface area (Å²) in [6.45, 7) is -0.435. The molecular formula is C19H17F3N2O5. The molecule has 3 rings (SSSR count). The third-order valence-electron chi connectivity index (χ3n) is 4.33. The maximum absolute atomic E-state index is 12.9. The van der Waals surface area contributed by atoms with E-state index in [0.29, 0.717) is 5.76 Å². The lowest BCUT2D eigenvalue weighted by Crippen LogP contribution is -2.28. The van der Waals surface area contributed by atoms with Gasteiger partial charge in [-0.15, -0.1) is 0 Å². The molecule has 1 aliphatic rings. The number of anilines is 1. The number of nitrogens with zero attached hydrogens (tertiary/aromatic N) is 1. The molecule has 1 aromatic heterocycles. The minimum absolute atomic E-state index is 0.0714. The maximum Gasteiger partial charge on any atom is 0.418 e. The lowest BCUT2D eigenvalue weighted by Gasteiger charge is -2.15. The largest absolute Gasteiger partial charge is 0.467 e. The summed E-state index contributed by atoms with van der Waals surface area (Å²) in [7, 11) is 0. The predicted molar refractivity (Wildman–Crippen MR) is 93.3 cm³/mol. The van der Waals surface area contributed by atoms with Crippen molar-refractivity contribution < 1.29 is 36.7 Å². The van der Waals surface area contributed by atoms with E-state index in [1.807, 2.05) is 0 Å². The van der Waals surface area contributed by atoms with Crippen molar-refractivity contribution in [3.63, 3.8) is 0 Å². The summed E-state index contributed by atoms with van der Waals surface area (Å²) >= 11 is 0. The monoisotopic (exact) mass is 410 g/mol. The van der Waals surface area contributed by atoms with Gasteiger partial charge in [0, 0.05) is 13.0 Å². The first-order chi connectivity index (χ1) is 13.7. The predicted octanol–water partition coefficient (Wildman–Crippen LogP) is 2.83. The molecule has 0 aliphatic carbocycles. The van der Waals surface area contributed by atoms with Crippen LogP contribution in [-0.4, -0.2) is 35.8 Å². The molecule has 7 nitrogen and oxygen atoms in total. The van der Waals surface area contributed by atoms with Crippen molar-refractivity contribution >= 4 is 23.5 Å². The summed E-state index contributed by atoms with van der Waals surface area (Å²) in [6.07, 6.45) is -3.24. The molecule has 1 N–H and O–H groups in total. The number of carbonyl (C=O) groups is 3. The van der Waals surface area contributed by atoms with Gasteiger partial charge in [-0.3, -0.25) is 14.4 Å². The van der Waals surface area contributed by atoms with E-state index in [9.17, 15) is 27.6 Å². The number of benzene rings is 1. The molecule has 29 heavy (non-hydrogen) atoms. The van der Waals surface area contributed by atoms with Gasteiger partial charge in [0.1, 0.15) is 5.76 Å². The normalized spacial score (nSPS) is 16.7. The highest BCUT2D eigenvalue weighted by molar-refractivity contribution is 5.94. The van der Waals surface area contributed by atoms with Gasteiger partial charge in [0.25, 0.3) is 5.91 Å². The number of furan rings is 1. The Labute approximate surface area is 163 Å². The van der Waals surface area contributed by atoms with Crippen LogP contribution in [0.15, 0.2) is 47.1 Å². The van der Waals surface area contributed by atoms with E-state index in [1.165, 1.54) is 23.3 Å². The molecule has 2 aromatic rings. The number of nitrogens with one attached hydrogen (secondary N) is 1. The first-order valence-corrected chi connectivity index (χ1v) is 8.67. The number of alkyl halides is 3. The Kier molecular flexibility index (Phi) is 5.90. The summed E-state index contributed by atoms with van der Waals surface area (Å²) in [5.41, 5.74) is -1.43. The van der Waals surface area contributed by atoms with E-state index >= 15 is 0 Å². The van der Waals surface area contributed by atoms with E-state index in [2.05, 4.69) is 5.32 Å². The van der Waals surface area contributed by atoms with E-state index in [0.717, 1.165) is 12.1 Å². The van der Waals surface area contributed by atoms with Gasteiger partial charge < -0.3 is 19.4 Å². The molecule has 2 heterocycles. The van der Waals surface area contributed by atoms with E-state index in [1.54, 1.807) is 12.1 Å². The number of amides is 2. The van der Waals surface area contributed by atoms with Crippen LogP contribution in [0.5, 0.6) is 0 Å². The van der Waals surface area contributed by atoms with Crippen molar-refractivity contribution in [1.29, 1.82) is 0 Å². The molecule has 0 bridgehead atoms. The number of para-hydroxylation sites is 1. The fraction of sp³-hybridized carbons (Fsp3) is 0.316. The van der Waals surface area contributed by atoms with Gasteiger partial charge in [-0.05, 0) is 24.3 Å². The van der Waals surface area contributed by atoms with Crippen molar-refractivity contribution in [3.05, 3.63) is 54.0 Å². The number of ether oxygens (including phenoxy) is 1. The Hall–Kier alpha value is -3.30. The van der Waals surface area contributed by atoms with E-state index in [-0.39, 0.29) is 25.4 Å². The molecule has 0 unspecified atom stereocenters. The number of hydrogen-bond acceptors (Lipinski definition) is 5. The lowest BCUT2D eigenvalue weighted by molar-refractivity contribution is -0.151. The van der Waals surface area contributed by atoms with Crippen molar-refractivity contribution in [2.24, 2.45) is 5.92 Å². The molecule has 10 heteroatoms. The third-order valence-corrected chi connectivity index (χ3v) is 4.33. The SMILES string of the molecule is O=C(COC(=O)[C@@H]1CC(=O)N(Cc2ccco2)C1)Nc1ccccc1C(F)(F)F. The minimum atomic E-state index is -4.64. The Morgan fingerprint density at radius 3 is 2.66 bits per heavy atom. The zero-order valence-electron chi connectivity index (χ0n) is 15.1. The van der Waals surface area contributed by atoms with Gasteiger partial charge in [0.15, 0.2) is 6.61 Å². The molecule has 1 fully saturated rings. The number of esters is 1. The third kappa shape index (κ3) is 5.15. The van der Waals surface area contributed by atoms with Crippen LogP contribution in [0.1, 0.15) is 17.7 Å². The second-order valence-electron chi connectivity index (χ2n) is 6.45. The second kappa shape index (κ2) is 8.38. The van der Waals surface area contributed by atoms with Crippen molar-refractivity contribution in [2.75, 3.05) is 18.5 Å². The maximum atomic E-state index is 12.9. The van der Waals surface area contributed by atoms with Crippen LogP contribution in [0.25, 0.3) is 0 Å². The van der Waals surface area contributed by atoms with Crippen molar-refractivity contribution in [2.45, 2.75) is 19.1 Å². The summed E-state index contributed by atoms with van der Waals surface area (Å²) in [5.74, 6) is -2.12. The van der Waals surface area contributed by atoms with Crippen LogP contribution in [0, 0.1) is 5.92 Å². The summed E-state index contributed by atoms with van der Waals surface area (Å²) in [5, 5.41) is 2.08. The van der Waals surface area contributed by atoms with Gasteiger partial charge in [0.2, 0.25) is 5.91 Å². The molecule has 0 saturated carbocycles. The van der Waals surface area contributed by atoms with Gasteiger partial charge in [0.05, 0.1) is 30.0 Å². The molecule has 154 valence electrons. The van der Waals surface area contributed by atoms with Crippen LogP contribution in [0.2, 0.25) is 0 Å². The van der Waals surface area contributed by atoms with Crippen LogP contribution in [0.3, 0.4) is 0 Å². The smallest absolute Gasteiger partial charge is 0.418 e. The first-order valence-electron chi connectivity index (χ1n) is 8.67. The van der Waals surface area contributed by atoms with Gasteiger partial charge in [-0.2, -0.15) is 13.2 Å². The second-order valence-corrected chi connectivity index (χ2v) is 6.45. The van der Waals surface area contributed by atoms with Crippen LogP contribution in [0.4, 0.5) is 18.9 Å². The Balaban J connectivity index is 1.51. The zero-order chi connectivity index (χ0) is 21.0. The van der Waals surface area contributed by atoms with E-state index in [4.69, 9.17) is 9.15 Å². The molecule has 0 spiro atoms. The van der Waals surface area contributed by atoms with Crippen molar-refractivity contribution in [3.8, 4) is 0 Å². The van der Waals surface area contributed by atoms with Crippen LogP contribution < -0.4 is 5.32 Å². The zero-order valence-corrected chi connectivity index (χ0v) is 15.1. The summed E-state index contributed by atoms with van der Waals surface area (Å²) < 4.78 is 48.9. The molecule has 1 saturated heterocycles. The lowest BCUT2D eigenvalue weighted by atomic mass is 10.1. The Morgan fingerprint density at radius 1 is 1.21 bits per heavy atom. The Bertz CT molecular complexity index is 895. The minimum Gasteiger partial charge on any atom is -0.467 e. The standard InChI is InChI=1S/C19H17F3N2O5/c20-19(21,22)14-5-1-2-6-15(14)23-16(25)11-29-18(27)12-8-17(26)24(9-12)10-13-4-3-7-28-13/h1-7,12H,8-11H2,(H,23,25)/t12-/m1/s1. The summed E-state index contributed by atoms with van der Waals surface area (Å²) in [6, 6.07) is 7.85. The van der Waals surface area contributed by atoms with Crippen LogP contribution in [-0.2, 0) is 31.8 Å². The van der Waals surface area contributed by atoms with Gasteiger partial charge in [-0.25, -0.2) is 0 Å². The molecule has 1 aromatic carbocycles. The highest BCUT2D eigenvalue weighted by Gasteiger charge is 2.36. The fourth-order valence-electron chi connectivity index (χ4n) is 2.95. The van der Waals surface area contributed by atoms with Crippen LogP contribution >= 0.6 is 0 Å². The molecule has 2 amide bonds. The van der Waals surface area contributed by atoms with E-state index < -0.39 is 41.8 Å². The average molecular weight is 410 g/mol. The molecule has 1 atom stereocenters. The number of rotatable bonds is 6. The Morgan fingerprint density at radius 2 is 1.97 bits per heavy atom. The fourth-order valence-corrected chi connectivity index (χ4v) is 2.95. The van der Waals surface area contributed by atoms with Gasteiger partial charge >= 0.3 is 12.1 Å². The number of halogens is 3.